The molecule has 0 unspecified atom stereocenters. The Bertz CT molecular complexity index is 799. The number of hydrogen-bond acceptors (Lipinski definition) is 4. The van der Waals surface area contributed by atoms with Crippen molar-refractivity contribution in [1.82, 2.24) is 20.1 Å². The predicted octanol–water partition coefficient (Wildman–Crippen LogP) is 2.55. The van der Waals surface area contributed by atoms with Crippen molar-refractivity contribution in [2.75, 3.05) is 6.54 Å². The number of para-hydroxylation sites is 1. The third-order valence-electron chi connectivity index (χ3n) is 4.29. The highest BCUT2D eigenvalue weighted by Crippen LogP contribution is 2.21. The monoisotopic (exact) mass is 320 g/mol. The number of rotatable bonds is 5. The number of nitrogens with one attached hydrogen (secondary N) is 1. The summed E-state index contributed by atoms with van der Waals surface area (Å²) in [6, 6.07) is 14.0. The molecule has 1 N–H and O–H groups in total. The summed E-state index contributed by atoms with van der Waals surface area (Å²) in [4.78, 5) is 4.08. The lowest BCUT2D eigenvalue weighted by atomic mass is 10.1. The van der Waals surface area contributed by atoms with Crippen molar-refractivity contribution in [2.45, 2.75) is 26.1 Å². The Morgan fingerprint density at radius 3 is 2.75 bits per heavy atom. The van der Waals surface area contributed by atoms with Gasteiger partial charge in [-0.2, -0.15) is 5.10 Å². The van der Waals surface area contributed by atoms with Gasteiger partial charge in [0.15, 0.2) is 0 Å². The average molecular weight is 320 g/mol. The van der Waals surface area contributed by atoms with Crippen molar-refractivity contribution in [3.8, 4) is 5.75 Å². The van der Waals surface area contributed by atoms with Crippen molar-refractivity contribution < 1.29 is 4.74 Å². The highest BCUT2D eigenvalue weighted by Gasteiger charge is 2.20. The van der Waals surface area contributed by atoms with E-state index >= 15 is 0 Å². The molecule has 122 valence electrons. The van der Waals surface area contributed by atoms with Crippen molar-refractivity contribution >= 4 is 0 Å². The van der Waals surface area contributed by atoms with Gasteiger partial charge in [0.25, 0.3) is 0 Å². The molecular weight excluding hydrogens is 300 g/mol. The van der Waals surface area contributed by atoms with Gasteiger partial charge in [0.1, 0.15) is 18.1 Å². The lowest BCUT2D eigenvalue weighted by molar-refractivity contribution is 0.298. The Balaban J connectivity index is 1.58. The molecule has 5 heteroatoms. The number of aromatic nitrogens is 3. The molecule has 24 heavy (non-hydrogen) atoms. The standard InChI is InChI=1S/C19H20N4O/c1-2-4-16(5-3-1)24-14-18-17-12-21-11-8-19(17)23(22-18)13-15-6-9-20-10-7-15/h1-7,9-10,21H,8,11-14H2. The molecular formula is C19H20N4O. The molecule has 1 aliphatic rings. The molecule has 4 rings (SSSR count). The molecule has 0 radical (unpaired) electrons. The van der Waals surface area contributed by atoms with Crippen LogP contribution < -0.4 is 10.1 Å². The quantitative estimate of drug-likeness (QED) is 0.785. The van der Waals surface area contributed by atoms with Crippen LogP contribution in [0.25, 0.3) is 0 Å². The van der Waals surface area contributed by atoms with Crippen LogP contribution in [0.1, 0.15) is 22.5 Å². The number of benzene rings is 1. The first-order chi connectivity index (χ1) is 11.9. The smallest absolute Gasteiger partial charge is 0.132 e. The van der Waals surface area contributed by atoms with Crippen LogP contribution in [-0.2, 0) is 26.1 Å². The summed E-state index contributed by atoms with van der Waals surface area (Å²) >= 11 is 0. The second-order valence-corrected chi connectivity index (χ2v) is 5.91. The average Bonchev–Trinajstić information content (AvgIpc) is 3.00. The predicted molar refractivity (Wildman–Crippen MR) is 91.8 cm³/mol. The molecule has 5 nitrogen and oxygen atoms in total. The topological polar surface area (TPSA) is 52.0 Å². The Hall–Kier alpha value is -2.66. The Morgan fingerprint density at radius 1 is 1.08 bits per heavy atom. The molecule has 0 amide bonds. The van der Waals surface area contributed by atoms with Crippen molar-refractivity contribution in [3.05, 3.63) is 77.4 Å². The third-order valence-corrected chi connectivity index (χ3v) is 4.29. The minimum Gasteiger partial charge on any atom is -0.487 e. The second-order valence-electron chi connectivity index (χ2n) is 5.91. The summed E-state index contributed by atoms with van der Waals surface area (Å²) in [5.74, 6) is 0.874. The summed E-state index contributed by atoms with van der Waals surface area (Å²) in [7, 11) is 0. The van der Waals surface area contributed by atoms with E-state index in [-0.39, 0.29) is 0 Å². The van der Waals surface area contributed by atoms with Crippen LogP contribution in [0.3, 0.4) is 0 Å². The first-order valence-electron chi connectivity index (χ1n) is 8.25. The molecule has 0 atom stereocenters. The van der Waals surface area contributed by atoms with Crippen molar-refractivity contribution in [2.24, 2.45) is 0 Å². The molecule has 2 aromatic heterocycles. The molecule has 0 saturated carbocycles. The van der Waals surface area contributed by atoms with Crippen LogP contribution in [0, 0.1) is 0 Å². The Labute approximate surface area is 141 Å². The molecule has 3 heterocycles. The van der Waals surface area contributed by atoms with E-state index in [1.807, 2.05) is 54.9 Å². The zero-order chi connectivity index (χ0) is 16.2. The zero-order valence-corrected chi connectivity index (χ0v) is 13.5. The van der Waals surface area contributed by atoms with Crippen LogP contribution in [0.15, 0.2) is 54.9 Å². The van der Waals surface area contributed by atoms with E-state index in [1.165, 1.54) is 16.8 Å². The van der Waals surface area contributed by atoms with Crippen molar-refractivity contribution in [3.63, 3.8) is 0 Å². The van der Waals surface area contributed by atoms with Crippen LogP contribution in [-0.4, -0.2) is 21.3 Å². The SMILES string of the molecule is c1ccc(OCc2nn(Cc3ccncc3)c3c2CNCC3)cc1. The van der Waals surface area contributed by atoms with Crippen LogP contribution in [0.2, 0.25) is 0 Å². The van der Waals surface area contributed by atoms with Gasteiger partial charge in [-0.05, 0) is 29.8 Å². The van der Waals surface area contributed by atoms with Gasteiger partial charge in [-0.25, -0.2) is 0 Å². The highest BCUT2D eigenvalue weighted by atomic mass is 16.5. The van der Waals surface area contributed by atoms with Gasteiger partial charge in [0.05, 0.1) is 6.54 Å². The van der Waals surface area contributed by atoms with E-state index in [4.69, 9.17) is 9.84 Å². The second kappa shape index (κ2) is 6.84. The van der Waals surface area contributed by atoms with Gasteiger partial charge in [0, 0.05) is 43.2 Å². The number of hydrogen-bond donors (Lipinski definition) is 1. The number of fused-ring (bicyclic) bond motifs is 1. The van der Waals surface area contributed by atoms with Gasteiger partial charge in [-0.15, -0.1) is 0 Å². The molecule has 0 aliphatic carbocycles. The highest BCUT2D eigenvalue weighted by molar-refractivity contribution is 5.30. The summed E-state index contributed by atoms with van der Waals surface area (Å²) in [6.45, 7) is 3.13. The van der Waals surface area contributed by atoms with E-state index in [0.717, 1.165) is 37.5 Å². The largest absolute Gasteiger partial charge is 0.487 e. The lowest BCUT2D eigenvalue weighted by Crippen LogP contribution is -2.25. The van der Waals surface area contributed by atoms with E-state index in [9.17, 15) is 0 Å². The maximum absolute atomic E-state index is 5.91. The fourth-order valence-corrected chi connectivity index (χ4v) is 3.07. The van der Waals surface area contributed by atoms with E-state index in [0.29, 0.717) is 6.61 Å². The van der Waals surface area contributed by atoms with Gasteiger partial charge >= 0.3 is 0 Å². The van der Waals surface area contributed by atoms with E-state index < -0.39 is 0 Å². The summed E-state index contributed by atoms with van der Waals surface area (Å²) < 4.78 is 8.03. The number of ether oxygens (including phenoxy) is 1. The molecule has 1 aliphatic heterocycles. The number of pyridine rings is 1. The van der Waals surface area contributed by atoms with Gasteiger partial charge in [-0.1, -0.05) is 18.2 Å². The van der Waals surface area contributed by atoms with Gasteiger partial charge in [0.2, 0.25) is 0 Å². The minimum atomic E-state index is 0.497. The lowest BCUT2D eigenvalue weighted by Gasteiger charge is -2.16. The molecule has 0 bridgehead atoms. The maximum Gasteiger partial charge on any atom is 0.132 e. The van der Waals surface area contributed by atoms with Gasteiger partial charge in [-0.3, -0.25) is 9.67 Å². The minimum absolute atomic E-state index is 0.497. The third kappa shape index (κ3) is 3.16. The van der Waals surface area contributed by atoms with Crippen LogP contribution in [0.5, 0.6) is 5.75 Å². The molecule has 0 saturated heterocycles. The van der Waals surface area contributed by atoms with Crippen molar-refractivity contribution in [1.29, 1.82) is 0 Å². The van der Waals surface area contributed by atoms with Crippen LogP contribution in [0.4, 0.5) is 0 Å². The first-order valence-corrected chi connectivity index (χ1v) is 8.25. The summed E-state index contributed by atoms with van der Waals surface area (Å²) in [6.07, 6.45) is 4.65. The molecule has 3 aromatic rings. The maximum atomic E-state index is 5.91. The van der Waals surface area contributed by atoms with Gasteiger partial charge < -0.3 is 10.1 Å². The Morgan fingerprint density at radius 2 is 1.92 bits per heavy atom. The Kier molecular flexibility index (Phi) is 4.25. The fraction of sp³-hybridized carbons (Fsp3) is 0.263. The zero-order valence-electron chi connectivity index (χ0n) is 13.5. The molecule has 0 spiro atoms. The van der Waals surface area contributed by atoms with Crippen LogP contribution >= 0.6 is 0 Å². The number of nitrogens with zero attached hydrogens (tertiary/aromatic N) is 3. The first kappa shape index (κ1) is 14.9. The normalized spacial score (nSPS) is 13.5. The van der Waals surface area contributed by atoms with E-state index in [1.54, 1.807) is 0 Å². The molecule has 1 aromatic carbocycles. The molecule has 0 fully saturated rings. The summed E-state index contributed by atoms with van der Waals surface area (Å²) in [5.41, 5.74) is 4.84. The summed E-state index contributed by atoms with van der Waals surface area (Å²) in [5, 5.41) is 8.27. The fourth-order valence-electron chi connectivity index (χ4n) is 3.07. The van der Waals surface area contributed by atoms with E-state index in [2.05, 4.69) is 15.0 Å².